The number of halogens is 2. The number of aryl methyl sites for hydroxylation is 4. The Morgan fingerprint density at radius 2 is 0.647 bits per heavy atom. The van der Waals surface area contributed by atoms with Crippen molar-refractivity contribution >= 4 is 122 Å². The van der Waals surface area contributed by atoms with Crippen molar-refractivity contribution in [2.75, 3.05) is 7.11 Å². The van der Waals surface area contributed by atoms with E-state index in [1.165, 1.54) is 59.3 Å². The Bertz CT molecular complexity index is 7300. The van der Waals surface area contributed by atoms with Crippen molar-refractivity contribution in [3.8, 4) is 56.4 Å². The predicted molar refractivity (Wildman–Crippen MR) is 552 cm³/mol. The Hall–Kier alpha value is -12.0. The Balaban J connectivity index is 0.000000188. The van der Waals surface area contributed by atoms with Gasteiger partial charge in [0.15, 0.2) is 5.75 Å². The minimum Gasteiger partial charge on any atom is -0.507 e. The zero-order valence-corrected chi connectivity index (χ0v) is 82.0. The molecule has 0 saturated carbocycles. The van der Waals surface area contributed by atoms with Crippen molar-refractivity contribution in [3.05, 3.63) is 387 Å². The summed E-state index contributed by atoms with van der Waals surface area (Å²) in [5.41, 5.74) is 13.7. The molecule has 30 heteroatoms. The lowest BCUT2D eigenvalue weighted by Crippen LogP contribution is -2.35. The second-order valence-electron chi connectivity index (χ2n) is 33.0. The molecule has 0 saturated heterocycles. The predicted octanol–water partition coefficient (Wildman–Crippen LogP) is 21.8. The maximum absolute atomic E-state index is 13.7. The third kappa shape index (κ3) is 28.9. The van der Waals surface area contributed by atoms with Crippen molar-refractivity contribution in [2.24, 2.45) is 0 Å². The van der Waals surface area contributed by atoms with Crippen LogP contribution in [-0.2, 0) is 110 Å². The molecule has 0 aliphatic carbocycles. The van der Waals surface area contributed by atoms with Crippen LogP contribution in [0.25, 0.3) is 76.5 Å². The molecule has 18 rings (SSSR count). The van der Waals surface area contributed by atoms with Crippen molar-refractivity contribution in [3.63, 3.8) is 0 Å². The second kappa shape index (κ2) is 48.2. The fraction of sp³-hybridized carbons (Fsp3) is 0.193. The van der Waals surface area contributed by atoms with Gasteiger partial charge in [0.1, 0.15) is 22.1 Å². The maximum atomic E-state index is 13.7. The molecule has 0 bridgehead atoms. The third-order valence-corrected chi connectivity index (χ3v) is 27.6. The highest BCUT2D eigenvalue weighted by atomic mass is 79.9. The minimum absolute atomic E-state index is 0. The lowest BCUT2D eigenvalue weighted by atomic mass is 9.79. The van der Waals surface area contributed by atoms with Gasteiger partial charge in [-0.25, -0.2) is 8.42 Å². The Morgan fingerprint density at radius 1 is 0.353 bits per heavy atom. The SMILES string of the molecule is C.C.CC1(C)OCc2cc(-c3ccc4ccccc4c3)cc(CO)c2O1.CC1(C)OCc2cc(Br)cc(CO)c2O1.CO.Cc1ccc(S(=O)(=O)Cl)cc1.Cc1ccc(S(=O)(=O)OCc2cc(-c3ccc4ccccc4c3)cc(COS(=O)(=O)c3ccc(C)cc3)c2OS(=O)(=O)c2ccc(C)cc2)cc1.OB(O)c1ccc2ccccc2c1.OCc1cc(-c2ccc3ccccc3c2)cc(CO)c1O. The highest BCUT2D eigenvalue weighted by Gasteiger charge is 2.33. The van der Waals surface area contributed by atoms with Crippen LogP contribution >= 0.6 is 26.6 Å². The van der Waals surface area contributed by atoms with Gasteiger partial charge < -0.3 is 63.8 Å². The van der Waals surface area contributed by atoms with E-state index in [-0.39, 0.29) is 83.5 Å². The fourth-order valence-electron chi connectivity index (χ4n) is 14.7. The lowest BCUT2D eigenvalue weighted by molar-refractivity contribution is -0.181. The maximum Gasteiger partial charge on any atom is 0.488 e. The number of aliphatic hydroxyl groups is 5. The molecule has 0 atom stereocenters. The van der Waals surface area contributed by atoms with E-state index < -0.39 is 71.3 Å². The Kier molecular flexibility index (Phi) is 37.8. The van der Waals surface area contributed by atoms with Crippen LogP contribution in [0.5, 0.6) is 23.0 Å². The molecule has 0 aromatic heterocycles. The first kappa shape index (κ1) is 109. The van der Waals surface area contributed by atoms with Gasteiger partial charge in [-0.3, -0.25) is 8.37 Å². The summed E-state index contributed by atoms with van der Waals surface area (Å²) in [5.74, 6) is -0.148. The molecule has 16 aromatic rings. The highest BCUT2D eigenvalue weighted by Crippen LogP contribution is 2.42. The molecule has 2 aliphatic rings. The number of ether oxygens (including phenoxy) is 4. The van der Waals surface area contributed by atoms with Gasteiger partial charge >= 0.3 is 17.2 Å². The van der Waals surface area contributed by atoms with Gasteiger partial charge in [-0.15, -0.1) is 0 Å². The Morgan fingerprint density at radius 3 is 0.993 bits per heavy atom. The average molecular weight is 2040 g/mol. The number of hydrogen-bond acceptors (Lipinski definition) is 23. The number of benzene rings is 16. The molecule has 0 amide bonds. The van der Waals surface area contributed by atoms with Crippen LogP contribution < -0.4 is 19.1 Å². The zero-order valence-electron chi connectivity index (χ0n) is 76.3. The smallest absolute Gasteiger partial charge is 0.488 e. The van der Waals surface area contributed by atoms with Gasteiger partial charge in [-0.1, -0.05) is 253 Å². The van der Waals surface area contributed by atoms with E-state index in [9.17, 15) is 59.2 Å². The lowest BCUT2D eigenvalue weighted by Gasteiger charge is -2.34. The van der Waals surface area contributed by atoms with Crippen LogP contribution in [0.2, 0.25) is 0 Å². The van der Waals surface area contributed by atoms with Gasteiger partial charge in [0.05, 0.1) is 67.5 Å². The molecule has 0 unspecified atom stereocenters. The van der Waals surface area contributed by atoms with Crippen LogP contribution in [0, 0.1) is 27.7 Å². The summed E-state index contributed by atoms with van der Waals surface area (Å²) in [5, 5.41) is 81.2. The summed E-state index contributed by atoms with van der Waals surface area (Å²) in [6.07, 6.45) is 0. The number of hydrogen-bond donors (Lipinski definition) is 8. The quantitative estimate of drug-likeness (QED) is 0.0200. The van der Waals surface area contributed by atoms with Crippen molar-refractivity contribution in [1.29, 1.82) is 0 Å². The second-order valence-corrected chi connectivity index (χ2v) is 41.2. The molecular formula is C109H111BBrClO23S4. The molecule has 0 radical (unpaired) electrons. The van der Waals surface area contributed by atoms with Gasteiger partial charge in [0, 0.05) is 94.5 Å². The van der Waals surface area contributed by atoms with Crippen LogP contribution in [0.1, 0.15) is 109 Å². The minimum atomic E-state index is -4.51. The van der Waals surface area contributed by atoms with Gasteiger partial charge in [-0.2, -0.15) is 25.3 Å². The van der Waals surface area contributed by atoms with E-state index in [2.05, 4.69) is 58.4 Å². The Labute approximate surface area is 825 Å². The molecule has 139 heavy (non-hydrogen) atoms. The summed E-state index contributed by atoms with van der Waals surface area (Å²) in [4.78, 5) is -0.211. The van der Waals surface area contributed by atoms with Crippen molar-refractivity contribution in [2.45, 2.75) is 154 Å². The van der Waals surface area contributed by atoms with Crippen LogP contribution in [0.4, 0.5) is 0 Å². The van der Waals surface area contributed by atoms with Crippen LogP contribution in [-0.4, -0.2) is 100 Å². The van der Waals surface area contributed by atoms with Crippen molar-refractivity contribution < 1.29 is 106 Å². The largest absolute Gasteiger partial charge is 0.507 e. The number of phenols is 1. The third-order valence-electron chi connectivity index (χ3n) is 22.0. The van der Waals surface area contributed by atoms with E-state index in [4.69, 9.17) is 57.3 Å². The molecule has 16 aromatic carbocycles. The number of rotatable bonds is 20. The van der Waals surface area contributed by atoms with Crippen molar-refractivity contribution in [1.82, 2.24) is 0 Å². The van der Waals surface area contributed by atoms with Gasteiger partial charge in [-0.05, 0) is 225 Å². The summed E-state index contributed by atoms with van der Waals surface area (Å²) >= 11 is 3.39. The fourth-order valence-corrected chi connectivity index (χ4v) is 18.8. The molecule has 0 spiro atoms. The first-order valence-electron chi connectivity index (χ1n) is 43.1. The molecule has 23 nitrogen and oxygen atoms in total. The van der Waals surface area contributed by atoms with E-state index in [0.29, 0.717) is 40.9 Å². The van der Waals surface area contributed by atoms with E-state index >= 15 is 0 Å². The van der Waals surface area contributed by atoms with Gasteiger partial charge in [0.2, 0.25) is 11.6 Å². The molecule has 0 fully saturated rings. The number of fused-ring (bicyclic) bond motifs is 6. The number of aromatic hydroxyl groups is 1. The first-order chi connectivity index (χ1) is 65.3. The first-order valence-corrected chi connectivity index (χ1v) is 50.4. The number of aliphatic hydroxyl groups excluding tert-OH is 5. The normalized spacial score (nSPS) is 12.7. The van der Waals surface area contributed by atoms with Crippen LogP contribution in [0.3, 0.4) is 0 Å². The molecule has 2 heterocycles. The van der Waals surface area contributed by atoms with E-state index in [1.54, 1.807) is 91.9 Å². The van der Waals surface area contributed by atoms with E-state index in [1.807, 2.05) is 188 Å². The molecule has 726 valence electrons. The molecular weight excluding hydrogens is 1930 g/mol. The average Bonchev–Trinajstić information content (AvgIpc) is 0.778. The molecule has 2 aliphatic heterocycles. The topological polar surface area (TPSA) is 363 Å². The van der Waals surface area contributed by atoms with Crippen LogP contribution in [0.15, 0.2) is 340 Å². The zero-order chi connectivity index (χ0) is 98.7. The molecule has 8 N–H and O–H groups in total. The highest BCUT2D eigenvalue weighted by molar-refractivity contribution is 9.10. The summed E-state index contributed by atoms with van der Waals surface area (Å²) in [7, 11) is -12.0. The summed E-state index contributed by atoms with van der Waals surface area (Å²) < 4.78 is 143. The van der Waals surface area contributed by atoms with E-state index in [0.717, 1.165) is 122 Å². The van der Waals surface area contributed by atoms with Gasteiger partial charge in [0.25, 0.3) is 29.3 Å². The standard InChI is InChI=1S/C39H34O9S3.C21H20O3.C18H16O3.C11H13BrO3.C10H9BO2.C7H7ClO2S.CH4O.2CH4/c1-27-8-16-36(17-9-27)49(40,41)46-25-34-23-33(32-15-14-30-6-4-5-7-31(30)22-32)24-35(26-47-50(42,43)37-18-10-28(2)11-19-37)39(34)48-51(44,45)38-20-12-29(3)13-21-38;1-21(2)23-13-19-11-17(10-18(12-22)20(19)24-21)16-8-7-14-5-3-4-6-15(14)9-16;19-10-16-8-15(9-17(11-20)18(16)21)14-6-5-12-3-1-2-4-13(12)7-14;1-11(2)14-6-8-4-9(12)3-7(5-13)10(8)15-11;12-11(13)10-6-5-8-3-1-2-4-9(8)7-10;1-6-2-4-7(5-3-6)11(8,9)10;1-2;;/h4-24H,25-26H2,1-3H3;3-11,22H,12-13H2,1-2H3;1-9,19-21H,10-11H2;3-4,13H,5-6H2,1-2H3;1-7,12-13H;2-5H,1H3;2H,1H3;2*1H4. The summed E-state index contributed by atoms with van der Waals surface area (Å²) in [6, 6.07) is 94.4. The monoisotopic (exact) mass is 2040 g/mol. The summed E-state index contributed by atoms with van der Waals surface area (Å²) in [6.45, 7) is 13.9.